The van der Waals surface area contributed by atoms with Crippen LogP contribution in [0.5, 0.6) is 0 Å². The van der Waals surface area contributed by atoms with Gasteiger partial charge in [-0.25, -0.2) is 18.1 Å². The lowest BCUT2D eigenvalue weighted by Crippen LogP contribution is -2.26. The van der Waals surface area contributed by atoms with Crippen molar-refractivity contribution in [3.8, 4) is 0 Å². The molecule has 1 atom stereocenters. The van der Waals surface area contributed by atoms with Crippen LogP contribution in [0.25, 0.3) is 0 Å². The van der Waals surface area contributed by atoms with Gasteiger partial charge in [0.1, 0.15) is 5.82 Å². The summed E-state index contributed by atoms with van der Waals surface area (Å²) < 4.78 is 29.2. The molecule has 0 saturated carbocycles. The summed E-state index contributed by atoms with van der Waals surface area (Å²) in [4.78, 5) is 8.87. The summed E-state index contributed by atoms with van der Waals surface area (Å²) in [5.74, 6) is 0.823. The standard InChI is InChI=1S/C23H27BrClN5O3S/c1-3-18(14-31)28-22-20(24)13-26-23(30-22)29-19-9-4-15(2)21(12-19)34(32,33)27-11-10-16-5-7-17(25)8-6-16/h4-9,12-13,18,27,31H,3,10-11,14H2,1-2H3,(H2,26,28,29,30)/t18-/m1/s1. The molecule has 34 heavy (non-hydrogen) atoms. The maximum atomic E-state index is 13.0. The zero-order chi connectivity index (χ0) is 24.7. The minimum absolute atomic E-state index is 0.0279. The first-order valence-corrected chi connectivity index (χ1v) is 13.4. The van der Waals surface area contributed by atoms with Crippen LogP contribution < -0.4 is 15.4 Å². The molecule has 0 aliphatic heterocycles. The van der Waals surface area contributed by atoms with Crippen molar-refractivity contribution in [1.29, 1.82) is 0 Å². The minimum Gasteiger partial charge on any atom is -0.394 e. The van der Waals surface area contributed by atoms with Crippen LogP contribution in [0.3, 0.4) is 0 Å². The van der Waals surface area contributed by atoms with Crippen molar-refractivity contribution in [1.82, 2.24) is 14.7 Å². The van der Waals surface area contributed by atoms with Gasteiger partial charge in [0.25, 0.3) is 0 Å². The van der Waals surface area contributed by atoms with E-state index in [1.807, 2.05) is 19.1 Å². The second-order valence-corrected chi connectivity index (χ2v) is 10.7. The van der Waals surface area contributed by atoms with Crippen LogP contribution in [0.1, 0.15) is 24.5 Å². The lowest BCUT2D eigenvalue weighted by Gasteiger charge is -2.16. The lowest BCUT2D eigenvalue weighted by molar-refractivity contribution is 0.271. The van der Waals surface area contributed by atoms with Gasteiger partial charge in [0.15, 0.2) is 0 Å². The number of aliphatic hydroxyl groups excluding tert-OH is 1. The van der Waals surface area contributed by atoms with Crippen molar-refractivity contribution in [2.75, 3.05) is 23.8 Å². The number of sulfonamides is 1. The molecule has 0 unspecified atom stereocenters. The molecule has 0 fully saturated rings. The first kappa shape index (κ1) is 26.4. The fourth-order valence-corrected chi connectivity index (χ4v) is 4.89. The summed E-state index contributed by atoms with van der Waals surface area (Å²) in [6, 6.07) is 12.2. The summed E-state index contributed by atoms with van der Waals surface area (Å²) in [6.07, 6.45) is 2.86. The van der Waals surface area contributed by atoms with Gasteiger partial charge >= 0.3 is 0 Å². The smallest absolute Gasteiger partial charge is 0.240 e. The highest BCUT2D eigenvalue weighted by Gasteiger charge is 2.18. The van der Waals surface area contributed by atoms with E-state index in [9.17, 15) is 13.5 Å². The molecule has 4 N–H and O–H groups in total. The predicted octanol–water partition coefficient (Wildman–Crippen LogP) is 4.65. The number of aryl methyl sites for hydroxylation is 1. The fourth-order valence-electron chi connectivity index (χ4n) is 3.15. The Morgan fingerprint density at radius 3 is 2.59 bits per heavy atom. The van der Waals surface area contributed by atoms with Gasteiger partial charge in [-0.3, -0.25) is 0 Å². The van der Waals surface area contributed by atoms with E-state index >= 15 is 0 Å². The summed E-state index contributed by atoms with van der Waals surface area (Å²) >= 11 is 9.30. The summed E-state index contributed by atoms with van der Waals surface area (Å²) in [7, 11) is -3.73. The Balaban J connectivity index is 1.73. The third-order valence-corrected chi connectivity index (χ3v) is 7.59. The van der Waals surface area contributed by atoms with Crippen molar-refractivity contribution in [3.05, 3.63) is 69.3 Å². The Morgan fingerprint density at radius 1 is 1.18 bits per heavy atom. The number of aromatic nitrogens is 2. The summed E-state index contributed by atoms with van der Waals surface area (Å²) in [6.45, 7) is 3.94. The third-order valence-electron chi connectivity index (χ3n) is 5.15. The molecular formula is C23H27BrClN5O3S. The number of nitrogens with one attached hydrogen (secondary N) is 3. The first-order valence-electron chi connectivity index (χ1n) is 10.7. The zero-order valence-electron chi connectivity index (χ0n) is 18.8. The van der Waals surface area contributed by atoms with E-state index < -0.39 is 10.0 Å². The number of hydrogen-bond donors (Lipinski definition) is 4. The van der Waals surface area contributed by atoms with E-state index in [2.05, 4.69) is 41.3 Å². The zero-order valence-corrected chi connectivity index (χ0v) is 22.0. The van der Waals surface area contributed by atoms with E-state index in [1.165, 1.54) is 0 Å². The molecule has 8 nitrogen and oxygen atoms in total. The number of benzene rings is 2. The largest absolute Gasteiger partial charge is 0.394 e. The topological polar surface area (TPSA) is 116 Å². The maximum absolute atomic E-state index is 13.0. The maximum Gasteiger partial charge on any atom is 0.240 e. The van der Waals surface area contributed by atoms with Crippen molar-refractivity contribution in [2.24, 2.45) is 0 Å². The van der Waals surface area contributed by atoms with Gasteiger partial charge in [-0.05, 0) is 71.1 Å². The van der Waals surface area contributed by atoms with Gasteiger partial charge < -0.3 is 15.7 Å². The first-order chi connectivity index (χ1) is 16.2. The highest BCUT2D eigenvalue weighted by atomic mass is 79.9. The van der Waals surface area contributed by atoms with E-state index in [0.717, 1.165) is 12.0 Å². The van der Waals surface area contributed by atoms with Crippen molar-refractivity contribution < 1.29 is 13.5 Å². The van der Waals surface area contributed by atoms with E-state index in [4.69, 9.17) is 11.6 Å². The SMILES string of the molecule is CC[C@H](CO)Nc1nc(Nc2ccc(C)c(S(=O)(=O)NCCc3ccc(Cl)cc3)c2)ncc1Br. The molecule has 0 saturated heterocycles. The molecule has 0 radical (unpaired) electrons. The second-order valence-electron chi connectivity index (χ2n) is 7.70. The van der Waals surface area contributed by atoms with Gasteiger partial charge in [0.05, 0.1) is 22.0 Å². The van der Waals surface area contributed by atoms with Crippen LogP contribution in [-0.2, 0) is 16.4 Å². The average molecular weight is 569 g/mol. The van der Waals surface area contributed by atoms with Crippen molar-refractivity contribution in [2.45, 2.75) is 37.6 Å². The Hall–Kier alpha value is -2.24. The molecule has 182 valence electrons. The number of aliphatic hydroxyl groups is 1. The monoisotopic (exact) mass is 567 g/mol. The summed E-state index contributed by atoms with van der Waals surface area (Å²) in [5.41, 5.74) is 2.14. The number of rotatable bonds is 11. The van der Waals surface area contributed by atoms with E-state index in [1.54, 1.807) is 43.5 Å². The van der Waals surface area contributed by atoms with Crippen LogP contribution in [0.4, 0.5) is 17.5 Å². The van der Waals surface area contributed by atoms with Gasteiger partial charge in [-0.2, -0.15) is 4.98 Å². The Labute approximate surface area is 213 Å². The molecule has 0 aliphatic rings. The van der Waals surface area contributed by atoms with Crippen LogP contribution in [-0.4, -0.2) is 42.7 Å². The fraction of sp³-hybridized carbons (Fsp3) is 0.304. The van der Waals surface area contributed by atoms with Gasteiger partial charge in [-0.1, -0.05) is 36.7 Å². The van der Waals surface area contributed by atoms with Gasteiger partial charge in [0.2, 0.25) is 16.0 Å². The average Bonchev–Trinajstić information content (AvgIpc) is 2.81. The predicted molar refractivity (Wildman–Crippen MR) is 139 cm³/mol. The lowest BCUT2D eigenvalue weighted by atomic mass is 10.2. The van der Waals surface area contributed by atoms with Crippen LogP contribution in [0.15, 0.2) is 58.0 Å². The Kier molecular flexibility index (Phi) is 9.26. The van der Waals surface area contributed by atoms with Crippen molar-refractivity contribution in [3.63, 3.8) is 0 Å². The Morgan fingerprint density at radius 2 is 1.91 bits per heavy atom. The normalized spacial score (nSPS) is 12.4. The van der Waals surface area contributed by atoms with Crippen LogP contribution in [0, 0.1) is 6.92 Å². The minimum atomic E-state index is -3.73. The van der Waals surface area contributed by atoms with Crippen molar-refractivity contribution >= 4 is 55.0 Å². The quantitative estimate of drug-likeness (QED) is 0.266. The molecular weight excluding hydrogens is 542 g/mol. The highest BCUT2D eigenvalue weighted by Crippen LogP contribution is 2.25. The molecule has 0 spiro atoms. The molecule has 3 aromatic rings. The number of halogens is 2. The van der Waals surface area contributed by atoms with Crippen LogP contribution >= 0.6 is 27.5 Å². The molecule has 2 aromatic carbocycles. The molecule has 3 rings (SSSR count). The van der Waals surface area contributed by atoms with Gasteiger partial charge in [-0.15, -0.1) is 0 Å². The molecule has 1 heterocycles. The third kappa shape index (κ3) is 7.13. The molecule has 0 amide bonds. The molecule has 11 heteroatoms. The molecule has 0 aliphatic carbocycles. The van der Waals surface area contributed by atoms with Gasteiger partial charge in [0, 0.05) is 23.5 Å². The van der Waals surface area contributed by atoms with E-state index in [0.29, 0.717) is 38.9 Å². The highest BCUT2D eigenvalue weighted by molar-refractivity contribution is 9.10. The number of nitrogens with zero attached hydrogens (tertiary/aromatic N) is 2. The Bertz CT molecular complexity index is 1220. The van der Waals surface area contributed by atoms with Crippen LogP contribution in [0.2, 0.25) is 5.02 Å². The number of hydrogen-bond acceptors (Lipinski definition) is 7. The number of anilines is 3. The summed E-state index contributed by atoms with van der Waals surface area (Å²) in [5, 5.41) is 16.3. The molecule has 0 bridgehead atoms. The second kappa shape index (κ2) is 11.9. The van der Waals surface area contributed by atoms with E-state index in [-0.39, 0.29) is 24.1 Å². The molecule has 1 aromatic heterocycles.